The molecule has 0 aromatic carbocycles. The van der Waals surface area contributed by atoms with Crippen LogP contribution in [0, 0.1) is 0 Å². The molecule has 0 N–H and O–H groups in total. The average molecular weight is 1110 g/mol. The molecule has 0 fully saturated rings. The van der Waals surface area contributed by atoms with Gasteiger partial charge in [-0.2, -0.15) is 0 Å². The van der Waals surface area contributed by atoms with Crippen LogP contribution in [0.3, 0.4) is 0 Å². The smallest absolute Gasteiger partial charge is 0.309 e. The van der Waals surface area contributed by atoms with Crippen molar-refractivity contribution in [1.29, 1.82) is 0 Å². The van der Waals surface area contributed by atoms with Crippen LogP contribution < -0.4 is 0 Å². The molecule has 0 aliphatic carbocycles. The molecule has 0 heterocycles. The van der Waals surface area contributed by atoms with Crippen molar-refractivity contribution in [2.24, 2.45) is 0 Å². The topological polar surface area (TPSA) is 78.9 Å². The monoisotopic (exact) mass is 1110 g/mol. The van der Waals surface area contributed by atoms with Crippen molar-refractivity contribution in [3.63, 3.8) is 0 Å². The summed E-state index contributed by atoms with van der Waals surface area (Å²) in [4.78, 5) is 38.3. The Bertz CT molecular complexity index is 1900. The van der Waals surface area contributed by atoms with E-state index in [1.807, 2.05) is 6.08 Å². The van der Waals surface area contributed by atoms with Crippen molar-refractivity contribution in [3.8, 4) is 0 Å². The Balaban J connectivity index is 4.51. The summed E-state index contributed by atoms with van der Waals surface area (Å²) in [6.45, 7) is 6.26. The Labute approximate surface area is 497 Å². The number of unbranched alkanes of at least 4 members (excludes halogenated alkanes) is 16. The zero-order valence-corrected chi connectivity index (χ0v) is 51.7. The maximum Gasteiger partial charge on any atom is 0.309 e. The van der Waals surface area contributed by atoms with Crippen LogP contribution >= 0.6 is 0 Å². The van der Waals surface area contributed by atoms with E-state index in [1.54, 1.807) is 6.08 Å². The summed E-state index contributed by atoms with van der Waals surface area (Å²) < 4.78 is 16.8. The van der Waals surface area contributed by atoms with Crippen molar-refractivity contribution in [3.05, 3.63) is 182 Å². The Morgan fingerprint density at radius 3 is 0.864 bits per heavy atom. The van der Waals surface area contributed by atoms with E-state index in [9.17, 15) is 14.4 Å². The molecular formula is C75H116O6. The molecule has 0 saturated heterocycles. The fourth-order valence-electron chi connectivity index (χ4n) is 8.15. The van der Waals surface area contributed by atoms with Crippen LogP contribution in [0.2, 0.25) is 0 Å². The first-order valence-electron chi connectivity index (χ1n) is 32.3. The summed E-state index contributed by atoms with van der Waals surface area (Å²) in [5, 5.41) is 0. The van der Waals surface area contributed by atoms with Crippen molar-refractivity contribution in [2.75, 3.05) is 13.2 Å². The number of rotatable bonds is 56. The van der Waals surface area contributed by atoms with Gasteiger partial charge in [0.2, 0.25) is 0 Å². The van der Waals surface area contributed by atoms with E-state index < -0.39 is 12.1 Å². The molecule has 6 nitrogen and oxygen atoms in total. The molecule has 0 bridgehead atoms. The third kappa shape index (κ3) is 65.2. The summed E-state index contributed by atoms with van der Waals surface area (Å²) >= 11 is 0. The van der Waals surface area contributed by atoms with Gasteiger partial charge in [-0.15, -0.1) is 0 Å². The molecule has 0 aromatic rings. The second kappa shape index (κ2) is 67.0. The summed E-state index contributed by atoms with van der Waals surface area (Å²) in [7, 11) is 0. The Hall–Kier alpha value is -5.49. The van der Waals surface area contributed by atoms with Gasteiger partial charge >= 0.3 is 17.9 Å². The van der Waals surface area contributed by atoms with E-state index in [-0.39, 0.29) is 38.0 Å². The van der Waals surface area contributed by atoms with Gasteiger partial charge < -0.3 is 14.2 Å². The van der Waals surface area contributed by atoms with Gasteiger partial charge in [-0.05, 0) is 141 Å². The van der Waals surface area contributed by atoms with E-state index in [1.165, 1.54) is 70.6 Å². The van der Waals surface area contributed by atoms with Gasteiger partial charge in [0.05, 0.1) is 6.42 Å². The van der Waals surface area contributed by atoms with Crippen LogP contribution in [0.5, 0.6) is 0 Å². The summed E-state index contributed by atoms with van der Waals surface area (Å²) in [6, 6.07) is 0. The van der Waals surface area contributed by atoms with Gasteiger partial charge in [-0.3, -0.25) is 14.4 Å². The van der Waals surface area contributed by atoms with Crippen molar-refractivity contribution in [1.82, 2.24) is 0 Å². The first-order valence-corrected chi connectivity index (χ1v) is 32.3. The molecule has 0 saturated carbocycles. The highest BCUT2D eigenvalue weighted by Crippen LogP contribution is 2.14. The fraction of sp³-hybridized carbons (Fsp3) is 0.560. The molecule has 81 heavy (non-hydrogen) atoms. The molecule has 0 aliphatic heterocycles. The van der Waals surface area contributed by atoms with Crippen molar-refractivity contribution >= 4 is 17.9 Å². The van der Waals surface area contributed by atoms with E-state index >= 15 is 0 Å². The fourth-order valence-corrected chi connectivity index (χ4v) is 8.15. The molecule has 1 unspecified atom stereocenters. The number of ether oxygens (including phenoxy) is 3. The molecule has 0 amide bonds. The number of carbonyl (C=O) groups excluding carboxylic acids is 3. The molecule has 452 valence electrons. The standard InChI is InChI=1S/C75H116O6/c1-4-7-10-13-16-19-22-25-28-30-32-33-34-35-36-37-38-39-40-41-43-44-47-50-53-56-59-62-65-68-74(77)80-71-72(70-79-73(76)67-64-61-58-55-52-49-46-27-24-21-18-15-12-9-6-3)81-75(78)69-66-63-60-57-54-51-48-45-42-31-29-26-23-20-17-14-11-8-5-2/h7,9-10,12,16-21,25-29,32-33,35-36,38-39,41,43,46-47,50,52,55,61,64,72H,4-6,8,11,13-15,22-24,30-31,34,37,40,42,44-45,48-49,51,53-54,56-60,62-63,65-71H2,1-3H3/b10-7-,12-9-,19-16-,20-17-,21-18-,28-25-,29-26-,33-32-,36-35-,39-38-,43-41-,46-27-,50-47-,55-52-,64-61-. The van der Waals surface area contributed by atoms with Crippen LogP contribution in [0.15, 0.2) is 182 Å². The van der Waals surface area contributed by atoms with E-state index in [2.05, 4.69) is 191 Å². The minimum Gasteiger partial charge on any atom is -0.462 e. The molecule has 0 rings (SSSR count). The van der Waals surface area contributed by atoms with Gasteiger partial charge in [0.1, 0.15) is 13.2 Å². The number of carbonyl (C=O) groups is 3. The quantitative estimate of drug-likeness (QED) is 0.0261. The lowest BCUT2D eigenvalue weighted by molar-refractivity contribution is -0.166. The Morgan fingerprint density at radius 1 is 0.272 bits per heavy atom. The van der Waals surface area contributed by atoms with Crippen LogP contribution in [0.4, 0.5) is 0 Å². The maximum absolute atomic E-state index is 12.9. The molecule has 0 aliphatic rings. The van der Waals surface area contributed by atoms with Crippen molar-refractivity contribution in [2.45, 2.75) is 258 Å². The highest BCUT2D eigenvalue weighted by molar-refractivity contribution is 5.72. The highest BCUT2D eigenvalue weighted by atomic mass is 16.6. The van der Waals surface area contributed by atoms with Crippen LogP contribution in [0.25, 0.3) is 0 Å². The molecule has 0 aromatic heterocycles. The van der Waals surface area contributed by atoms with E-state index in [0.717, 1.165) is 141 Å². The molecule has 0 spiro atoms. The van der Waals surface area contributed by atoms with Crippen LogP contribution in [-0.2, 0) is 28.6 Å². The van der Waals surface area contributed by atoms with E-state index in [4.69, 9.17) is 14.2 Å². The predicted molar refractivity (Wildman–Crippen MR) is 352 cm³/mol. The zero-order valence-electron chi connectivity index (χ0n) is 51.7. The van der Waals surface area contributed by atoms with Crippen LogP contribution in [0.1, 0.15) is 252 Å². The van der Waals surface area contributed by atoms with E-state index in [0.29, 0.717) is 6.42 Å². The summed E-state index contributed by atoms with van der Waals surface area (Å²) in [5.74, 6) is -1.10. The first-order chi connectivity index (χ1) is 40.0. The number of hydrogen-bond acceptors (Lipinski definition) is 6. The lowest BCUT2D eigenvalue weighted by atomic mass is 10.1. The third-order valence-corrected chi connectivity index (χ3v) is 12.9. The second-order valence-corrected chi connectivity index (χ2v) is 20.6. The minimum absolute atomic E-state index is 0.112. The van der Waals surface area contributed by atoms with Gasteiger partial charge in [-0.1, -0.05) is 274 Å². The Morgan fingerprint density at radius 2 is 0.531 bits per heavy atom. The molecule has 1 atom stereocenters. The van der Waals surface area contributed by atoms with Gasteiger partial charge in [0, 0.05) is 12.8 Å². The number of allylic oxidation sites excluding steroid dienone is 29. The number of hydrogen-bond donors (Lipinski definition) is 0. The molecule has 0 radical (unpaired) electrons. The summed E-state index contributed by atoms with van der Waals surface area (Å²) in [5.41, 5.74) is 0. The first kappa shape index (κ1) is 75.5. The van der Waals surface area contributed by atoms with Gasteiger partial charge in [-0.25, -0.2) is 0 Å². The molecule has 6 heteroatoms. The predicted octanol–water partition coefficient (Wildman–Crippen LogP) is 22.4. The molecular weight excluding hydrogens is 997 g/mol. The summed E-state index contributed by atoms with van der Waals surface area (Å²) in [6.07, 6.45) is 101. The van der Waals surface area contributed by atoms with Gasteiger partial charge in [0.25, 0.3) is 0 Å². The normalized spacial score (nSPS) is 13.4. The third-order valence-electron chi connectivity index (χ3n) is 12.9. The largest absolute Gasteiger partial charge is 0.462 e. The average Bonchev–Trinajstić information content (AvgIpc) is 3.47. The highest BCUT2D eigenvalue weighted by Gasteiger charge is 2.19. The van der Waals surface area contributed by atoms with Crippen molar-refractivity contribution < 1.29 is 28.6 Å². The Kier molecular flexibility index (Phi) is 62.5. The second-order valence-electron chi connectivity index (χ2n) is 20.6. The van der Waals surface area contributed by atoms with Crippen LogP contribution in [-0.4, -0.2) is 37.2 Å². The minimum atomic E-state index is -0.843. The lowest BCUT2D eigenvalue weighted by Crippen LogP contribution is -2.30. The maximum atomic E-state index is 12.9. The number of esters is 3. The lowest BCUT2D eigenvalue weighted by Gasteiger charge is -2.18. The SMILES string of the molecule is CC/C=C\C/C=C\C/C=C\C/C=C\C/C=C\C/C=C\C/C=C\C/C=C\CCCCCCC(=O)OCC(COC(=O)C/C=C\C/C=C\C/C=C\C/C=C\C/C=C\CC)OC(=O)CCCCCCCCCCC/C=C\C/C=C\CCCCC. The zero-order chi connectivity index (χ0) is 58.5. The van der Waals surface area contributed by atoms with Gasteiger partial charge in [0.15, 0.2) is 6.10 Å².